The second kappa shape index (κ2) is 3.30. The number of pyridine rings is 1. The molecular weight excluding hydrogens is 219 g/mol. The van der Waals surface area contributed by atoms with E-state index in [4.69, 9.17) is 28.9 Å². The van der Waals surface area contributed by atoms with Gasteiger partial charge in [0.25, 0.3) is 0 Å². The summed E-state index contributed by atoms with van der Waals surface area (Å²) < 4.78 is 0. The van der Waals surface area contributed by atoms with Gasteiger partial charge in [-0.15, -0.1) is 0 Å². The number of rotatable bonds is 0. The number of halogens is 2. The van der Waals surface area contributed by atoms with E-state index in [0.717, 1.165) is 16.5 Å². The van der Waals surface area contributed by atoms with Crippen LogP contribution in [0.3, 0.4) is 0 Å². The third-order valence-corrected chi connectivity index (χ3v) is 2.62. The lowest BCUT2D eigenvalue weighted by atomic mass is 10.1. The molecule has 72 valence electrons. The lowest BCUT2D eigenvalue weighted by molar-refractivity contribution is 1.39. The van der Waals surface area contributed by atoms with E-state index in [9.17, 15) is 0 Å². The van der Waals surface area contributed by atoms with Gasteiger partial charge in [0.15, 0.2) is 0 Å². The third-order valence-electron chi connectivity index (χ3n) is 2.01. The van der Waals surface area contributed by atoms with Crippen LogP contribution in [0.1, 0.15) is 5.56 Å². The van der Waals surface area contributed by atoms with E-state index in [1.54, 1.807) is 6.07 Å². The predicted molar refractivity (Wildman–Crippen MR) is 60.9 cm³/mol. The average Bonchev–Trinajstić information content (AvgIpc) is 2.08. The van der Waals surface area contributed by atoms with Gasteiger partial charge >= 0.3 is 0 Å². The highest BCUT2D eigenvalue weighted by molar-refractivity contribution is 6.37. The van der Waals surface area contributed by atoms with E-state index < -0.39 is 0 Å². The van der Waals surface area contributed by atoms with Crippen molar-refractivity contribution in [2.45, 2.75) is 6.92 Å². The normalized spacial score (nSPS) is 10.8. The van der Waals surface area contributed by atoms with Crippen molar-refractivity contribution in [2.24, 2.45) is 0 Å². The molecule has 1 aromatic heterocycles. The van der Waals surface area contributed by atoms with Crippen LogP contribution in [0, 0.1) is 6.92 Å². The Morgan fingerprint density at radius 2 is 1.86 bits per heavy atom. The molecule has 0 saturated carbocycles. The lowest BCUT2D eigenvalue weighted by Crippen LogP contribution is -1.92. The van der Waals surface area contributed by atoms with Gasteiger partial charge in [-0.25, -0.2) is 4.98 Å². The van der Waals surface area contributed by atoms with Crippen LogP contribution in [0.15, 0.2) is 18.2 Å². The Labute approximate surface area is 91.6 Å². The number of hydrogen-bond acceptors (Lipinski definition) is 2. The smallest absolute Gasteiger partial charge is 0.142 e. The van der Waals surface area contributed by atoms with E-state index >= 15 is 0 Å². The van der Waals surface area contributed by atoms with Crippen LogP contribution in [0.4, 0.5) is 5.82 Å². The van der Waals surface area contributed by atoms with Crippen molar-refractivity contribution in [3.05, 3.63) is 33.8 Å². The number of anilines is 1. The van der Waals surface area contributed by atoms with Crippen LogP contribution >= 0.6 is 23.2 Å². The van der Waals surface area contributed by atoms with Crippen LogP contribution in [-0.2, 0) is 0 Å². The molecule has 0 amide bonds. The Hall–Kier alpha value is -0.990. The first-order valence-electron chi connectivity index (χ1n) is 4.10. The van der Waals surface area contributed by atoms with Crippen molar-refractivity contribution in [3.63, 3.8) is 0 Å². The quantitative estimate of drug-likeness (QED) is 0.748. The number of aryl methyl sites for hydroxylation is 1. The molecule has 0 bridgehead atoms. The number of nitrogen functional groups attached to an aromatic ring is 1. The first kappa shape index (κ1) is 9.56. The number of aromatic nitrogens is 1. The number of fused-ring (bicyclic) bond motifs is 1. The highest BCUT2D eigenvalue weighted by atomic mass is 35.5. The summed E-state index contributed by atoms with van der Waals surface area (Å²) >= 11 is 11.9. The predicted octanol–water partition coefficient (Wildman–Crippen LogP) is 3.43. The summed E-state index contributed by atoms with van der Waals surface area (Å²) in [6, 6.07) is 5.53. The van der Waals surface area contributed by atoms with Crippen molar-refractivity contribution in [1.29, 1.82) is 0 Å². The van der Waals surface area contributed by atoms with Crippen LogP contribution in [0.2, 0.25) is 10.0 Å². The zero-order chi connectivity index (χ0) is 10.3. The van der Waals surface area contributed by atoms with Gasteiger partial charge in [-0.1, -0.05) is 23.2 Å². The molecule has 0 radical (unpaired) electrons. The Morgan fingerprint density at radius 3 is 2.57 bits per heavy atom. The van der Waals surface area contributed by atoms with E-state index in [1.807, 2.05) is 19.1 Å². The topological polar surface area (TPSA) is 38.9 Å². The molecule has 0 aliphatic heterocycles. The summed E-state index contributed by atoms with van der Waals surface area (Å²) in [5.41, 5.74) is 7.43. The maximum atomic E-state index is 6.05. The number of nitrogens with zero attached hydrogens (tertiary/aromatic N) is 1. The summed E-state index contributed by atoms with van der Waals surface area (Å²) in [5, 5.41) is 1.91. The Balaban J connectivity index is 2.89. The first-order chi connectivity index (χ1) is 6.58. The fraction of sp³-hybridized carbons (Fsp3) is 0.100. The lowest BCUT2D eigenvalue weighted by Gasteiger charge is -2.04. The molecule has 2 nitrogen and oxygen atoms in total. The molecule has 0 aliphatic rings. The van der Waals surface area contributed by atoms with Gasteiger partial charge in [-0.2, -0.15) is 0 Å². The Kier molecular flexibility index (Phi) is 2.25. The molecule has 0 saturated heterocycles. The molecule has 1 heterocycles. The molecule has 14 heavy (non-hydrogen) atoms. The standard InChI is InChI=1S/C10H8Cl2N2/c1-5-2-7(11)6-4-8(12)10(13)14-9(6)3-5/h2-4H,1H3,(H2,13,14). The van der Waals surface area contributed by atoms with Gasteiger partial charge in [-0.3, -0.25) is 0 Å². The fourth-order valence-corrected chi connectivity index (χ4v) is 1.83. The molecule has 4 heteroatoms. The minimum Gasteiger partial charge on any atom is -0.382 e. The molecule has 2 N–H and O–H groups in total. The SMILES string of the molecule is Cc1cc(Cl)c2cc(Cl)c(N)nc2c1. The molecule has 1 aromatic carbocycles. The average molecular weight is 227 g/mol. The summed E-state index contributed by atoms with van der Waals surface area (Å²) in [6.07, 6.45) is 0. The van der Waals surface area contributed by atoms with Crippen LogP contribution < -0.4 is 5.73 Å². The molecule has 0 unspecified atom stereocenters. The Bertz CT molecular complexity index is 509. The van der Waals surface area contributed by atoms with E-state index in [-0.39, 0.29) is 0 Å². The van der Waals surface area contributed by atoms with Crippen LogP contribution in [-0.4, -0.2) is 4.98 Å². The van der Waals surface area contributed by atoms with Gasteiger partial charge < -0.3 is 5.73 Å². The van der Waals surface area contributed by atoms with Crippen LogP contribution in [0.25, 0.3) is 10.9 Å². The molecule has 0 atom stereocenters. The van der Waals surface area contributed by atoms with E-state index in [0.29, 0.717) is 15.9 Å². The van der Waals surface area contributed by atoms with Crippen molar-refractivity contribution in [2.75, 3.05) is 5.73 Å². The zero-order valence-electron chi connectivity index (χ0n) is 7.51. The molecular formula is C10H8Cl2N2. The molecule has 0 fully saturated rings. The van der Waals surface area contributed by atoms with Gasteiger partial charge in [0.2, 0.25) is 0 Å². The first-order valence-corrected chi connectivity index (χ1v) is 4.85. The fourth-order valence-electron chi connectivity index (χ4n) is 1.35. The maximum Gasteiger partial charge on any atom is 0.142 e. The number of benzene rings is 1. The zero-order valence-corrected chi connectivity index (χ0v) is 9.02. The second-order valence-electron chi connectivity index (χ2n) is 3.17. The molecule has 0 aliphatic carbocycles. The second-order valence-corrected chi connectivity index (χ2v) is 3.98. The molecule has 0 spiro atoms. The largest absolute Gasteiger partial charge is 0.382 e. The van der Waals surface area contributed by atoms with Crippen molar-refractivity contribution in [3.8, 4) is 0 Å². The van der Waals surface area contributed by atoms with Crippen molar-refractivity contribution >= 4 is 39.9 Å². The molecule has 2 rings (SSSR count). The summed E-state index contributed by atoms with van der Waals surface area (Å²) in [7, 11) is 0. The maximum absolute atomic E-state index is 6.05. The Morgan fingerprint density at radius 1 is 1.14 bits per heavy atom. The molecule has 2 aromatic rings. The van der Waals surface area contributed by atoms with Gasteiger partial charge in [0, 0.05) is 5.39 Å². The summed E-state index contributed by atoms with van der Waals surface area (Å²) in [6.45, 7) is 1.96. The minimum absolute atomic E-state index is 0.334. The third kappa shape index (κ3) is 1.51. The summed E-state index contributed by atoms with van der Waals surface area (Å²) in [4.78, 5) is 4.16. The van der Waals surface area contributed by atoms with Crippen molar-refractivity contribution < 1.29 is 0 Å². The monoisotopic (exact) mass is 226 g/mol. The summed E-state index contributed by atoms with van der Waals surface area (Å²) in [5.74, 6) is 0.334. The van der Waals surface area contributed by atoms with Crippen LogP contribution in [0.5, 0.6) is 0 Å². The van der Waals surface area contributed by atoms with Gasteiger partial charge in [-0.05, 0) is 30.7 Å². The van der Waals surface area contributed by atoms with E-state index in [2.05, 4.69) is 4.98 Å². The van der Waals surface area contributed by atoms with Gasteiger partial charge in [0.05, 0.1) is 15.6 Å². The highest BCUT2D eigenvalue weighted by Crippen LogP contribution is 2.28. The number of nitrogens with two attached hydrogens (primary N) is 1. The highest BCUT2D eigenvalue weighted by Gasteiger charge is 2.05. The van der Waals surface area contributed by atoms with E-state index in [1.165, 1.54) is 0 Å². The number of hydrogen-bond donors (Lipinski definition) is 1. The van der Waals surface area contributed by atoms with Gasteiger partial charge in [0.1, 0.15) is 5.82 Å². The van der Waals surface area contributed by atoms with Crippen molar-refractivity contribution in [1.82, 2.24) is 4.98 Å². The minimum atomic E-state index is 0.334.